The van der Waals surface area contributed by atoms with Crippen LogP contribution in [0.3, 0.4) is 0 Å². The number of nitrogens with one attached hydrogen (secondary N) is 2. The van der Waals surface area contributed by atoms with Gasteiger partial charge in [0.2, 0.25) is 11.8 Å². The standard InChI is InChI=1S/C29H39ClN4O6/c1-18(2)34-17-22(16-32-34)10-9-19(3)25(35)7-6-8-27(36)33-24(28(37)31-15-20(4)29(38)39)14-21-11-12-26(40-5)23(30)13-21/h6,8-13,16-20,24-25,35H,7,14-15H2,1-5H3,(H,31,37)(H,33,36)(H,38,39)/b8-6+,10-9+/t19-,20?,24?,25+/m1/s1. The maximum absolute atomic E-state index is 12.9. The molecular weight excluding hydrogens is 536 g/mol. The van der Waals surface area contributed by atoms with E-state index in [1.54, 1.807) is 30.5 Å². The van der Waals surface area contributed by atoms with Crippen molar-refractivity contribution in [2.75, 3.05) is 13.7 Å². The topological polar surface area (TPSA) is 143 Å². The molecule has 218 valence electrons. The number of hydrogen-bond donors (Lipinski definition) is 4. The van der Waals surface area contributed by atoms with Gasteiger partial charge >= 0.3 is 5.97 Å². The molecule has 0 fully saturated rings. The maximum atomic E-state index is 12.9. The van der Waals surface area contributed by atoms with Gasteiger partial charge in [-0.1, -0.05) is 49.7 Å². The number of aromatic nitrogens is 2. The van der Waals surface area contributed by atoms with Gasteiger partial charge in [-0.25, -0.2) is 0 Å². The number of benzene rings is 1. The van der Waals surface area contributed by atoms with Gasteiger partial charge in [0, 0.05) is 36.7 Å². The zero-order chi connectivity index (χ0) is 29.8. The Labute approximate surface area is 240 Å². The lowest BCUT2D eigenvalue weighted by atomic mass is 10.0. The molecule has 1 heterocycles. The number of aliphatic hydroxyl groups excluding tert-OH is 1. The zero-order valence-electron chi connectivity index (χ0n) is 23.5. The van der Waals surface area contributed by atoms with Crippen molar-refractivity contribution in [3.63, 3.8) is 0 Å². The fraction of sp³-hybridized carbons (Fsp3) is 0.448. The van der Waals surface area contributed by atoms with E-state index in [0.29, 0.717) is 16.3 Å². The van der Waals surface area contributed by atoms with Crippen molar-refractivity contribution < 1.29 is 29.3 Å². The van der Waals surface area contributed by atoms with E-state index in [-0.39, 0.29) is 31.3 Å². The number of ether oxygens (including phenoxy) is 1. The minimum atomic E-state index is -1.04. The van der Waals surface area contributed by atoms with Gasteiger partial charge in [-0.05, 0) is 44.0 Å². The number of carboxylic acid groups (broad SMARTS) is 1. The number of aliphatic hydroxyl groups is 1. The van der Waals surface area contributed by atoms with Crippen LogP contribution in [0.15, 0.2) is 48.8 Å². The Bertz CT molecular complexity index is 1210. The van der Waals surface area contributed by atoms with Gasteiger partial charge in [-0.2, -0.15) is 5.10 Å². The minimum absolute atomic E-state index is 0.0877. The van der Waals surface area contributed by atoms with Crippen molar-refractivity contribution in [2.24, 2.45) is 11.8 Å². The second-order valence-electron chi connectivity index (χ2n) is 9.99. The molecule has 2 rings (SSSR count). The molecule has 2 aromatic rings. The fourth-order valence-corrected chi connectivity index (χ4v) is 3.89. The van der Waals surface area contributed by atoms with Crippen molar-refractivity contribution in [1.82, 2.24) is 20.4 Å². The molecule has 1 aromatic carbocycles. The first-order chi connectivity index (χ1) is 18.9. The Hall–Kier alpha value is -3.63. The van der Waals surface area contributed by atoms with E-state index >= 15 is 0 Å². The first-order valence-corrected chi connectivity index (χ1v) is 13.5. The largest absolute Gasteiger partial charge is 0.495 e. The van der Waals surface area contributed by atoms with Crippen LogP contribution >= 0.6 is 11.6 Å². The van der Waals surface area contributed by atoms with Crippen LogP contribution in [0.5, 0.6) is 5.75 Å². The average Bonchev–Trinajstić information content (AvgIpc) is 3.39. The Morgan fingerprint density at radius 3 is 2.52 bits per heavy atom. The third-order valence-electron chi connectivity index (χ3n) is 6.29. The van der Waals surface area contributed by atoms with E-state index in [0.717, 1.165) is 5.56 Å². The highest BCUT2D eigenvalue weighted by molar-refractivity contribution is 6.32. The predicted octanol–water partition coefficient (Wildman–Crippen LogP) is 3.65. The van der Waals surface area contributed by atoms with E-state index in [9.17, 15) is 19.5 Å². The van der Waals surface area contributed by atoms with Crippen molar-refractivity contribution >= 4 is 35.5 Å². The highest BCUT2D eigenvalue weighted by Gasteiger charge is 2.22. The van der Waals surface area contributed by atoms with Crippen LogP contribution in [-0.4, -0.2) is 63.6 Å². The molecule has 0 saturated carbocycles. The number of methoxy groups -OCH3 is 1. The van der Waals surface area contributed by atoms with E-state index in [1.165, 1.54) is 20.1 Å². The third kappa shape index (κ3) is 10.5. The molecule has 0 aliphatic carbocycles. The molecule has 0 spiro atoms. The summed E-state index contributed by atoms with van der Waals surface area (Å²) in [5.74, 6) is -2.59. The molecular formula is C29H39ClN4O6. The van der Waals surface area contributed by atoms with Crippen LogP contribution in [-0.2, 0) is 20.8 Å². The number of halogens is 1. The quantitative estimate of drug-likeness (QED) is 0.238. The number of carbonyl (C=O) groups is 3. The van der Waals surface area contributed by atoms with Gasteiger partial charge in [0.05, 0.1) is 30.4 Å². The first-order valence-electron chi connectivity index (χ1n) is 13.1. The van der Waals surface area contributed by atoms with Crippen LogP contribution in [0.25, 0.3) is 6.08 Å². The number of carboxylic acids is 1. The lowest BCUT2D eigenvalue weighted by molar-refractivity contribution is -0.141. The average molecular weight is 575 g/mol. The summed E-state index contributed by atoms with van der Waals surface area (Å²) in [5, 5.41) is 29.5. The Morgan fingerprint density at radius 1 is 1.20 bits per heavy atom. The first kappa shape index (κ1) is 32.6. The number of hydrogen-bond acceptors (Lipinski definition) is 6. The number of rotatable bonds is 15. The van der Waals surface area contributed by atoms with Crippen molar-refractivity contribution in [3.8, 4) is 5.75 Å². The molecule has 40 heavy (non-hydrogen) atoms. The summed E-state index contributed by atoms with van der Waals surface area (Å²) in [6.45, 7) is 7.34. The van der Waals surface area contributed by atoms with Crippen LogP contribution in [0.1, 0.15) is 51.3 Å². The lowest BCUT2D eigenvalue weighted by Gasteiger charge is -2.19. The Morgan fingerprint density at radius 2 is 1.93 bits per heavy atom. The number of aliphatic carboxylic acids is 1. The number of carbonyl (C=O) groups excluding carboxylic acids is 2. The van der Waals surface area contributed by atoms with Crippen LogP contribution in [0.4, 0.5) is 0 Å². The molecule has 0 bridgehead atoms. The molecule has 10 nitrogen and oxygen atoms in total. The fourth-order valence-electron chi connectivity index (χ4n) is 3.61. The summed E-state index contributed by atoms with van der Waals surface area (Å²) in [5.41, 5.74) is 1.61. The van der Waals surface area contributed by atoms with Crippen LogP contribution < -0.4 is 15.4 Å². The molecule has 1 aromatic heterocycles. The second kappa shape index (κ2) is 15.8. The Kier molecular flexibility index (Phi) is 12.9. The number of amides is 2. The maximum Gasteiger partial charge on any atom is 0.308 e. The van der Waals surface area contributed by atoms with Gasteiger partial charge in [0.25, 0.3) is 0 Å². The molecule has 0 saturated heterocycles. The molecule has 0 aliphatic heterocycles. The van der Waals surface area contributed by atoms with Gasteiger partial charge < -0.3 is 25.6 Å². The molecule has 0 aliphatic rings. The van der Waals surface area contributed by atoms with Gasteiger partial charge in [-0.15, -0.1) is 0 Å². The van der Waals surface area contributed by atoms with Crippen molar-refractivity contribution in [1.29, 1.82) is 0 Å². The number of nitrogens with zero attached hydrogens (tertiary/aromatic N) is 2. The summed E-state index contributed by atoms with van der Waals surface area (Å²) >= 11 is 6.21. The van der Waals surface area contributed by atoms with Crippen molar-refractivity contribution in [3.05, 3.63) is 65.0 Å². The summed E-state index contributed by atoms with van der Waals surface area (Å²) in [6.07, 6.45) is 9.92. The third-order valence-corrected chi connectivity index (χ3v) is 6.58. The highest BCUT2D eigenvalue weighted by Crippen LogP contribution is 2.25. The smallest absolute Gasteiger partial charge is 0.308 e. The van der Waals surface area contributed by atoms with Gasteiger partial charge in [0.15, 0.2) is 0 Å². The van der Waals surface area contributed by atoms with Crippen LogP contribution in [0, 0.1) is 11.8 Å². The van der Waals surface area contributed by atoms with Crippen molar-refractivity contribution in [2.45, 2.75) is 58.7 Å². The molecule has 0 radical (unpaired) electrons. The van der Waals surface area contributed by atoms with Gasteiger partial charge in [0.1, 0.15) is 11.8 Å². The Balaban J connectivity index is 2.00. The predicted molar refractivity (Wildman–Crippen MR) is 154 cm³/mol. The summed E-state index contributed by atoms with van der Waals surface area (Å²) < 4.78 is 7.01. The molecule has 4 atom stereocenters. The van der Waals surface area contributed by atoms with E-state index in [1.807, 2.05) is 43.8 Å². The summed E-state index contributed by atoms with van der Waals surface area (Å²) in [6, 6.07) is 4.30. The van der Waals surface area contributed by atoms with E-state index < -0.39 is 35.8 Å². The van der Waals surface area contributed by atoms with Gasteiger partial charge in [-0.3, -0.25) is 19.1 Å². The summed E-state index contributed by atoms with van der Waals surface area (Å²) in [4.78, 5) is 36.6. The highest BCUT2D eigenvalue weighted by atomic mass is 35.5. The van der Waals surface area contributed by atoms with Crippen LogP contribution in [0.2, 0.25) is 5.02 Å². The normalized spacial score (nSPS) is 14.7. The molecule has 11 heteroatoms. The summed E-state index contributed by atoms with van der Waals surface area (Å²) in [7, 11) is 1.49. The minimum Gasteiger partial charge on any atom is -0.495 e. The SMILES string of the molecule is COc1ccc(CC(NC(=O)/C=C/C[C@H](O)[C@H](C)/C=C/c2cnn(C(C)C)c2)C(=O)NCC(C)C(=O)O)cc1Cl. The van der Waals surface area contributed by atoms with E-state index in [2.05, 4.69) is 15.7 Å². The molecule has 2 amide bonds. The monoisotopic (exact) mass is 574 g/mol. The zero-order valence-corrected chi connectivity index (χ0v) is 24.3. The molecule has 2 unspecified atom stereocenters. The van der Waals surface area contributed by atoms with E-state index in [4.69, 9.17) is 21.4 Å². The molecule has 4 N–H and O–H groups in total. The second-order valence-corrected chi connectivity index (χ2v) is 10.4. The lowest BCUT2D eigenvalue weighted by Crippen LogP contribution is -2.48.